The predicted molar refractivity (Wildman–Crippen MR) is 80.8 cm³/mol. The van der Waals surface area contributed by atoms with E-state index in [9.17, 15) is 9.59 Å². The Kier molecular flexibility index (Phi) is 4.20. The number of nitrogens with zero attached hydrogens (tertiary/aromatic N) is 2. The molecule has 0 spiro atoms. The molecule has 2 heterocycles. The van der Waals surface area contributed by atoms with Gasteiger partial charge in [-0.2, -0.15) is 0 Å². The third-order valence-corrected chi connectivity index (χ3v) is 5.54. The first-order valence-electron chi connectivity index (χ1n) is 8.42. The van der Waals surface area contributed by atoms with Crippen molar-refractivity contribution in [1.82, 2.24) is 15.1 Å². The molecule has 21 heavy (non-hydrogen) atoms. The van der Waals surface area contributed by atoms with Crippen LogP contribution in [0.15, 0.2) is 0 Å². The fourth-order valence-electron chi connectivity index (χ4n) is 3.94. The van der Waals surface area contributed by atoms with Gasteiger partial charge in [-0.15, -0.1) is 0 Å². The Hall–Kier alpha value is -1.10. The van der Waals surface area contributed by atoms with Crippen LogP contribution in [0.5, 0.6) is 0 Å². The zero-order chi connectivity index (χ0) is 14.9. The minimum absolute atomic E-state index is 0.107. The maximum atomic E-state index is 13.0. The molecule has 5 heteroatoms. The number of piperidine rings is 1. The molecule has 118 valence electrons. The van der Waals surface area contributed by atoms with E-state index in [1.165, 1.54) is 19.3 Å². The third-order valence-electron chi connectivity index (χ3n) is 5.54. The second-order valence-electron chi connectivity index (χ2n) is 6.94. The molecule has 2 saturated heterocycles. The zero-order valence-corrected chi connectivity index (χ0v) is 13.1. The van der Waals surface area contributed by atoms with E-state index in [1.807, 2.05) is 4.90 Å². The number of amides is 2. The lowest BCUT2D eigenvalue weighted by molar-refractivity contribution is -0.161. The normalized spacial score (nSPS) is 27.3. The van der Waals surface area contributed by atoms with Gasteiger partial charge in [-0.1, -0.05) is 19.3 Å². The molecule has 0 atom stereocenters. The Labute approximate surface area is 127 Å². The van der Waals surface area contributed by atoms with Crippen LogP contribution in [0.2, 0.25) is 0 Å². The predicted octanol–water partition coefficient (Wildman–Crippen LogP) is 1.13. The summed E-state index contributed by atoms with van der Waals surface area (Å²) in [5, 5.41) is 3.26. The van der Waals surface area contributed by atoms with Crippen molar-refractivity contribution < 1.29 is 9.59 Å². The molecule has 2 amide bonds. The summed E-state index contributed by atoms with van der Waals surface area (Å²) in [5.74, 6) is 0.258. The van der Waals surface area contributed by atoms with Gasteiger partial charge in [0.05, 0.1) is 0 Å². The number of nitrogens with one attached hydrogen (secondary N) is 1. The van der Waals surface area contributed by atoms with Crippen molar-refractivity contribution in [3.63, 3.8) is 0 Å². The molecule has 2 aliphatic heterocycles. The van der Waals surface area contributed by atoms with Crippen LogP contribution in [0.25, 0.3) is 0 Å². The van der Waals surface area contributed by atoms with Crippen LogP contribution < -0.4 is 5.32 Å². The second-order valence-corrected chi connectivity index (χ2v) is 6.94. The van der Waals surface area contributed by atoms with E-state index in [2.05, 4.69) is 17.3 Å². The van der Waals surface area contributed by atoms with E-state index in [0.717, 1.165) is 45.3 Å². The molecule has 3 fully saturated rings. The van der Waals surface area contributed by atoms with Gasteiger partial charge in [-0.3, -0.25) is 9.59 Å². The number of carbonyl (C=O) groups excluding carboxylic acids is 2. The van der Waals surface area contributed by atoms with Gasteiger partial charge in [-0.05, 0) is 32.7 Å². The highest BCUT2D eigenvalue weighted by molar-refractivity contribution is 5.94. The van der Waals surface area contributed by atoms with E-state index in [-0.39, 0.29) is 11.8 Å². The summed E-state index contributed by atoms with van der Waals surface area (Å²) in [4.78, 5) is 29.0. The molecular formula is C16H27N3O2. The maximum absolute atomic E-state index is 13.0. The number of β-lactam (4-membered cyclic amide) rings is 1. The van der Waals surface area contributed by atoms with Crippen LogP contribution in [0.4, 0.5) is 0 Å². The fourth-order valence-corrected chi connectivity index (χ4v) is 3.94. The van der Waals surface area contributed by atoms with Crippen LogP contribution in [-0.2, 0) is 9.59 Å². The molecule has 0 aromatic carbocycles. The van der Waals surface area contributed by atoms with E-state index in [4.69, 9.17) is 0 Å². The molecule has 3 rings (SSSR count). The number of hydrogen-bond acceptors (Lipinski definition) is 3. The first kappa shape index (κ1) is 14.8. The zero-order valence-electron chi connectivity index (χ0n) is 13.1. The largest absolute Gasteiger partial charge is 0.351 e. The molecule has 0 aromatic heterocycles. The molecule has 0 unspecified atom stereocenters. The van der Waals surface area contributed by atoms with Crippen molar-refractivity contribution in [2.24, 2.45) is 0 Å². The van der Waals surface area contributed by atoms with Gasteiger partial charge in [0.2, 0.25) is 11.8 Å². The van der Waals surface area contributed by atoms with Crippen LogP contribution in [0.1, 0.15) is 51.4 Å². The Balaban J connectivity index is 1.71. The standard InChI is InChI=1S/C16H27N3O2/c1-18-11-8-16(9-12-18,19-10-7-14(19)20)15(21)17-13-5-3-2-4-6-13/h13H,2-12H2,1H3,(H,17,21). The minimum atomic E-state index is -0.570. The molecular weight excluding hydrogens is 266 g/mol. The molecule has 1 aliphatic carbocycles. The minimum Gasteiger partial charge on any atom is -0.351 e. The molecule has 1 saturated carbocycles. The monoisotopic (exact) mass is 293 g/mol. The summed E-state index contributed by atoms with van der Waals surface area (Å²) in [6, 6.07) is 0.319. The average Bonchev–Trinajstić information content (AvgIpc) is 2.49. The molecule has 0 aromatic rings. The van der Waals surface area contributed by atoms with Crippen molar-refractivity contribution >= 4 is 11.8 Å². The highest BCUT2D eigenvalue weighted by atomic mass is 16.2. The molecule has 3 aliphatic rings. The second kappa shape index (κ2) is 5.95. The van der Waals surface area contributed by atoms with E-state index >= 15 is 0 Å². The number of carbonyl (C=O) groups is 2. The highest BCUT2D eigenvalue weighted by Crippen LogP contribution is 2.34. The van der Waals surface area contributed by atoms with Crippen LogP contribution in [0.3, 0.4) is 0 Å². The lowest BCUT2D eigenvalue weighted by Crippen LogP contribution is -2.69. The van der Waals surface area contributed by atoms with Crippen molar-refractivity contribution in [3.05, 3.63) is 0 Å². The highest BCUT2D eigenvalue weighted by Gasteiger charge is 2.50. The van der Waals surface area contributed by atoms with Gasteiger partial charge in [-0.25, -0.2) is 0 Å². The van der Waals surface area contributed by atoms with Crippen LogP contribution in [-0.4, -0.2) is 59.9 Å². The van der Waals surface area contributed by atoms with Gasteiger partial charge < -0.3 is 15.1 Å². The summed E-state index contributed by atoms with van der Waals surface area (Å²) in [7, 11) is 2.08. The fraction of sp³-hybridized carbons (Fsp3) is 0.875. The average molecular weight is 293 g/mol. The van der Waals surface area contributed by atoms with Crippen molar-refractivity contribution in [1.29, 1.82) is 0 Å². The van der Waals surface area contributed by atoms with Crippen molar-refractivity contribution in [2.45, 2.75) is 62.9 Å². The first-order valence-corrected chi connectivity index (χ1v) is 8.42. The maximum Gasteiger partial charge on any atom is 0.246 e. The quantitative estimate of drug-likeness (QED) is 0.794. The topological polar surface area (TPSA) is 52.7 Å². The summed E-state index contributed by atoms with van der Waals surface area (Å²) < 4.78 is 0. The van der Waals surface area contributed by atoms with E-state index in [1.54, 1.807) is 0 Å². The van der Waals surface area contributed by atoms with E-state index < -0.39 is 5.54 Å². The van der Waals surface area contributed by atoms with Gasteiger partial charge in [0.15, 0.2) is 0 Å². The number of hydrogen-bond donors (Lipinski definition) is 1. The SMILES string of the molecule is CN1CCC(C(=O)NC2CCCCC2)(N2CCC2=O)CC1. The van der Waals surface area contributed by atoms with Crippen molar-refractivity contribution in [3.8, 4) is 0 Å². The van der Waals surface area contributed by atoms with Gasteiger partial charge in [0, 0.05) is 32.1 Å². The molecule has 5 nitrogen and oxygen atoms in total. The van der Waals surface area contributed by atoms with Crippen LogP contribution in [0, 0.1) is 0 Å². The molecule has 0 bridgehead atoms. The lowest BCUT2D eigenvalue weighted by Gasteiger charge is -2.51. The third kappa shape index (κ3) is 2.80. The summed E-state index contributed by atoms with van der Waals surface area (Å²) >= 11 is 0. The summed E-state index contributed by atoms with van der Waals surface area (Å²) in [6.45, 7) is 2.53. The summed E-state index contributed by atoms with van der Waals surface area (Å²) in [6.07, 6.45) is 8.04. The number of likely N-dealkylation sites (tertiary alicyclic amines) is 2. The Morgan fingerprint density at radius 1 is 1.14 bits per heavy atom. The Morgan fingerprint density at radius 3 is 2.33 bits per heavy atom. The summed E-state index contributed by atoms with van der Waals surface area (Å²) in [5.41, 5.74) is -0.570. The number of rotatable bonds is 3. The van der Waals surface area contributed by atoms with Gasteiger partial charge in [0.1, 0.15) is 5.54 Å². The van der Waals surface area contributed by atoms with E-state index in [0.29, 0.717) is 12.5 Å². The Bertz CT molecular complexity index is 410. The smallest absolute Gasteiger partial charge is 0.246 e. The molecule has 1 N–H and O–H groups in total. The Morgan fingerprint density at radius 2 is 1.81 bits per heavy atom. The van der Waals surface area contributed by atoms with Gasteiger partial charge in [0.25, 0.3) is 0 Å². The van der Waals surface area contributed by atoms with Crippen LogP contribution >= 0.6 is 0 Å². The lowest BCUT2D eigenvalue weighted by atomic mass is 9.81. The first-order chi connectivity index (χ1) is 10.1. The van der Waals surface area contributed by atoms with Gasteiger partial charge >= 0.3 is 0 Å². The van der Waals surface area contributed by atoms with Crippen molar-refractivity contribution in [2.75, 3.05) is 26.7 Å². The molecule has 0 radical (unpaired) electrons.